The molecule has 3 nitrogen and oxygen atoms in total. The van der Waals surface area contributed by atoms with Crippen LogP contribution in [-0.2, 0) is 9.53 Å². The van der Waals surface area contributed by atoms with Gasteiger partial charge in [-0.25, -0.2) is 0 Å². The van der Waals surface area contributed by atoms with Crippen molar-refractivity contribution in [1.29, 1.82) is 0 Å². The highest BCUT2D eigenvalue weighted by Crippen LogP contribution is 2.10. The standard InChI is InChI=1S/C13H27NO2/c1-3-4-5-6-7-8-9-10-12(14)11-13(15)16-2/h12H,3-11,14H2,1-2H3. The van der Waals surface area contributed by atoms with Crippen LogP contribution in [0.2, 0.25) is 0 Å². The molecule has 0 rings (SSSR count). The van der Waals surface area contributed by atoms with E-state index in [9.17, 15) is 4.79 Å². The number of hydrogen-bond donors (Lipinski definition) is 1. The van der Waals surface area contributed by atoms with Crippen LogP contribution >= 0.6 is 0 Å². The minimum atomic E-state index is -0.199. The van der Waals surface area contributed by atoms with Crippen LogP contribution in [0.3, 0.4) is 0 Å². The molecule has 16 heavy (non-hydrogen) atoms. The molecule has 2 N–H and O–H groups in total. The molecule has 0 bridgehead atoms. The van der Waals surface area contributed by atoms with E-state index in [2.05, 4.69) is 11.7 Å². The third-order valence-corrected chi connectivity index (χ3v) is 2.83. The first-order valence-corrected chi connectivity index (χ1v) is 6.53. The summed E-state index contributed by atoms with van der Waals surface area (Å²) in [6.07, 6.45) is 10.3. The average molecular weight is 229 g/mol. The van der Waals surface area contributed by atoms with Crippen molar-refractivity contribution in [2.45, 2.75) is 70.8 Å². The Labute approximate surface area is 99.7 Å². The third kappa shape index (κ3) is 9.97. The fourth-order valence-electron chi connectivity index (χ4n) is 1.76. The summed E-state index contributed by atoms with van der Waals surface area (Å²) >= 11 is 0. The van der Waals surface area contributed by atoms with Gasteiger partial charge in [-0.15, -0.1) is 0 Å². The Balaban J connectivity index is 3.21. The van der Waals surface area contributed by atoms with E-state index in [4.69, 9.17) is 5.73 Å². The number of esters is 1. The molecule has 0 aliphatic rings. The van der Waals surface area contributed by atoms with E-state index < -0.39 is 0 Å². The zero-order valence-corrected chi connectivity index (χ0v) is 10.8. The summed E-state index contributed by atoms with van der Waals surface area (Å²) in [4.78, 5) is 10.9. The van der Waals surface area contributed by atoms with E-state index in [0.29, 0.717) is 6.42 Å². The van der Waals surface area contributed by atoms with Crippen LogP contribution < -0.4 is 5.73 Å². The summed E-state index contributed by atoms with van der Waals surface area (Å²) in [5.41, 5.74) is 5.81. The summed E-state index contributed by atoms with van der Waals surface area (Å²) in [7, 11) is 1.41. The maximum Gasteiger partial charge on any atom is 0.307 e. The first-order valence-electron chi connectivity index (χ1n) is 6.53. The molecule has 0 saturated carbocycles. The van der Waals surface area contributed by atoms with E-state index in [1.807, 2.05) is 0 Å². The molecule has 0 fully saturated rings. The summed E-state index contributed by atoms with van der Waals surface area (Å²) in [5, 5.41) is 0. The first kappa shape index (κ1) is 15.4. The monoisotopic (exact) mass is 229 g/mol. The highest BCUT2D eigenvalue weighted by Gasteiger charge is 2.08. The summed E-state index contributed by atoms with van der Waals surface area (Å²) in [6, 6.07) is -0.0249. The molecular formula is C13H27NO2. The lowest BCUT2D eigenvalue weighted by atomic mass is 10.0. The second-order valence-corrected chi connectivity index (χ2v) is 4.45. The van der Waals surface area contributed by atoms with Crippen LogP contribution in [0.1, 0.15) is 64.7 Å². The van der Waals surface area contributed by atoms with Gasteiger partial charge in [-0.2, -0.15) is 0 Å². The molecule has 96 valence electrons. The van der Waals surface area contributed by atoms with Crippen molar-refractivity contribution in [2.75, 3.05) is 7.11 Å². The minimum absolute atomic E-state index is 0.0249. The fourth-order valence-corrected chi connectivity index (χ4v) is 1.76. The fraction of sp³-hybridized carbons (Fsp3) is 0.923. The van der Waals surface area contributed by atoms with Crippen LogP contribution in [0.4, 0.5) is 0 Å². The van der Waals surface area contributed by atoms with Crippen molar-refractivity contribution in [3.05, 3.63) is 0 Å². The first-order chi connectivity index (χ1) is 7.70. The van der Waals surface area contributed by atoms with Gasteiger partial charge in [-0.1, -0.05) is 51.9 Å². The number of carbonyl (C=O) groups excluding carboxylic acids is 1. The molecule has 0 saturated heterocycles. The SMILES string of the molecule is CCCCCCCCCC(N)CC(=O)OC. The van der Waals surface area contributed by atoms with Crippen LogP contribution in [0, 0.1) is 0 Å². The predicted octanol–water partition coefficient (Wildman–Crippen LogP) is 3.02. The molecule has 1 atom stereocenters. The van der Waals surface area contributed by atoms with Gasteiger partial charge in [-0.05, 0) is 6.42 Å². The molecule has 0 amide bonds. The Morgan fingerprint density at radius 2 is 1.69 bits per heavy atom. The number of hydrogen-bond acceptors (Lipinski definition) is 3. The highest BCUT2D eigenvalue weighted by atomic mass is 16.5. The topological polar surface area (TPSA) is 52.3 Å². The lowest BCUT2D eigenvalue weighted by molar-refractivity contribution is -0.141. The van der Waals surface area contributed by atoms with Crippen LogP contribution in [0.25, 0.3) is 0 Å². The summed E-state index contributed by atoms with van der Waals surface area (Å²) in [5.74, 6) is -0.199. The Hall–Kier alpha value is -0.570. The zero-order chi connectivity index (χ0) is 12.2. The number of carbonyl (C=O) groups is 1. The molecule has 1 unspecified atom stereocenters. The summed E-state index contributed by atoms with van der Waals surface area (Å²) < 4.78 is 4.57. The Morgan fingerprint density at radius 3 is 2.25 bits per heavy atom. The number of unbranched alkanes of at least 4 members (excludes halogenated alkanes) is 6. The normalized spacial score (nSPS) is 12.4. The van der Waals surface area contributed by atoms with Gasteiger partial charge in [0, 0.05) is 6.04 Å². The van der Waals surface area contributed by atoms with Crippen LogP contribution in [0.15, 0.2) is 0 Å². The largest absolute Gasteiger partial charge is 0.469 e. The quantitative estimate of drug-likeness (QED) is 0.463. The average Bonchev–Trinajstić information content (AvgIpc) is 2.27. The smallest absolute Gasteiger partial charge is 0.307 e. The predicted molar refractivity (Wildman–Crippen MR) is 67.2 cm³/mol. The second-order valence-electron chi connectivity index (χ2n) is 4.45. The molecule has 0 aromatic carbocycles. The molecule has 0 aliphatic carbocycles. The Kier molecular flexibility index (Phi) is 10.5. The van der Waals surface area contributed by atoms with Gasteiger partial charge in [0.05, 0.1) is 13.5 Å². The van der Waals surface area contributed by atoms with Gasteiger partial charge < -0.3 is 10.5 Å². The van der Waals surface area contributed by atoms with Gasteiger partial charge in [0.1, 0.15) is 0 Å². The lowest BCUT2D eigenvalue weighted by Gasteiger charge is -2.09. The molecule has 0 aliphatic heterocycles. The Bertz CT molecular complexity index is 171. The van der Waals surface area contributed by atoms with Gasteiger partial charge >= 0.3 is 5.97 Å². The maximum atomic E-state index is 10.9. The molecule has 3 heteroatoms. The molecular weight excluding hydrogens is 202 g/mol. The molecule has 0 radical (unpaired) electrons. The maximum absolute atomic E-state index is 10.9. The molecule has 0 aromatic heterocycles. The molecule has 0 aromatic rings. The minimum Gasteiger partial charge on any atom is -0.469 e. The van der Waals surface area contributed by atoms with Crippen molar-refractivity contribution in [3.63, 3.8) is 0 Å². The van der Waals surface area contributed by atoms with Gasteiger partial charge in [0.2, 0.25) is 0 Å². The number of methoxy groups -OCH3 is 1. The molecule has 0 heterocycles. The lowest BCUT2D eigenvalue weighted by Crippen LogP contribution is -2.24. The van der Waals surface area contributed by atoms with E-state index in [0.717, 1.165) is 12.8 Å². The zero-order valence-electron chi connectivity index (χ0n) is 10.8. The van der Waals surface area contributed by atoms with Crippen molar-refractivity contribution >= 4 is 5.97 Å². The summed E-state index contributed by atoms with van der Waals surface area (Å²) in [6.45, 7) is 2.23. The van der Waals surface area contributed by atoms with Crippen molar-refractivity contribution in [3.8, 4) is 0 Å². The highest BCUT2D eigenvalue weighted by molar-refractivity contribution is 5.69. The van der Waals surface area contributed by atoms with Gasteiger partial charge in [-0.3, -0.25) is 4.79 Å². The number of nitrogens with two attached hydrogens (primary N) is 1. The third-order valence-electron chi connectivity index (χ3n) is 2.83. The van der Waals surface area contributed by atoms with E-state index in [1.54, 1.807) is 0 Å². The Morgan fingerprint density at radius 1 is 1.12 bits per heavy atom. The van der Waals surface area contributed by atoms with Crippen molar-refractivity contribution in [2.24, 2.45) is 5.73 Å². The number of ether oxygens (including phenoxy) is 1. The van der Waals surface area contributed by atoms with Crippen molar-refractivity contribution in [1.82, 2.24) is 0 Å². The van der Waals surface area contributed by atoms with E-state index in [-0.39, 0.29) is 12.0 Å². The van der Waals surface area contributed by atoms with E-state index >= 15 is 0 Å². The van der Waals surface area contributed by atoms with Crippen LogP contribution in [-0.4, -0.2) is 19.1 Å². The van der Waals surface area contributed by atoms with Gasteiger partial charge in [0.25, 0.3) is 0 Å². The van der Waals surface area contributed by atoms with E-state index in [1.165, 1.54) is 45.6 Å². The van der Waals surface area contributed by atoms with Crippen molar-refractivity contribution < 1.29 is 9.53 Å². The van der Waals surface area contributed by atoms with Crippen LogP contribution in [0.5, 0.6) is 0 Å². The second kappa shape index (κ2) is 10.9. The number of rotatable bonds is 10. The van der Waals surface area contributed by atoms with Gasteiger partial charge in [0.15, 0.2) is 0 Å². The molecule has 0 spiro atoms.